The van der Waals surface area contributed by atoms with Gasteiger partial charge in [-0.05, 0) is 35.9 Å². The highest BCUT2D eigenvalue weighted by molar-refractivity contribution is 9.10. The number of rotatable bonds is 4. The van der Waals surface area contributed by atoms with Crippen LogP contribution in [0.1, 0.15) is 5.56 Å². The maximum atomic E-state index is 6.18. The molecule has 21 heavy (non-hydrogen) atoms. The molecule has 2 aromatic carbocycles. The zero-order chi connectivity index (χ0) is 14.8. The van der Waals surface area contributed by atoms with Crippen LogP contribution in [0.25, 0.3) is 0 Å². The van der Waals surface area contributed by atoms with E-state index in [0.29, 0.717) is 23.1 Å². The van der Waals surface area contributed by atoms with Crippen LogP contribution in [0.4, 0.5) is 5.69 Å². The average molecular weight is 371 g/mol. The van der Waals surface area contributed by atoms with Crippen molar-refractivity contribution in [3.05, 3.63) is 45.4 Å². The molecule has 0 amide bonds. The highest BCUT2D eigenvalue weighted by Gasteiger charge is 2.18. The van der Waals surface area contributed by atoms with Gasteiger partial charge in [0.25, 0.3) is 0 Å². The number of fused-ring (bicyclic) bond motifs is 1. The second-order valence-corrected chi connectivity index (χ2v) is 5.83. The molecule has 0 unspecified atom stereocenters. The van der Waals surface area contributed by atoms with Gasteiger partial charge in [0, 0.05) is 11.0 Å². The highest BCUT2D eigenvalue weighted by Crippen LogP contribution is 2.40. The second kappa shape index (κ2) is 6.03. The summed E-state index contributed by atoms with van der Waals surface area (Å²) >= 11 is 9.63. The minimum Gasteiger partial charge on any atom is -0.495 e. The van der Waals surface area contributed by atoms with Gasteiger partial charge in [-0.25, -0.2) is 0 Å². The van der Waals surface area contributed by atoms with E-state index in [0.717, 1.165) is 21.5 Å². The lowest BCUT2D eigenvalue weighted by Gasteiger charge is -2.12. The molecule has 0 saturated carbocycles. The predicted octanol–water partition coefficient (Wildman–Crippen LogP) is 4.45. The third kappa shape index (κ3) is 3.04. The van der Waals surface area contributed by atoms with Gasteiger partial charge >= 0.3 is 0 Å². The van der Waals surface area contributed by atoms with E-state index in [2.05, 4.69) is 21.2 Å². The van der Waals surface area contributed by atoms with E-state index in [1.807, 2.05) is 30.3 Å². The van der Waals surface area contributed by atoms with Gasteiger partial charge in [-0.2, -0.15) is 0 Å². The molecule has 1 N–H and O–H groups in total. The van der Waals surface area contributed by atoms with Gasteiger partial charge < -0.3 is 19.5 Å². The molecule has 0 aliphatic carbocycles. The third-order valence-electron chi connectivity index (χ3n) is 3.13. The summed E-state index contributed by atoms with van der Waals surface area (Å²) in [6.07, 6.45) is 0. The second-order valence-electron chi connectivity index (χ2n) is 4.51. The standard InChI is InChI=1S/C15H13BrClNO3/c1-19-13-3-2-10(16)6-12(13)18-7-9-4-11(17)15-14(5-9)20-8-21-15/h2-6,18H,7-8H2,1H3. The van der Waals surface area contributed by atoms with Crippen molar-refractivity contribution < 1.29 is 14.2 Å². The smallest absolute Gasteiger partial charge is 0.231 e. The molecule has 1 aliphatic heterocycles. The summed E-state index contributed by atoms with van der Waals surface area (Å²) in [5, 5.41) is 3.89. The molecule has 0 saturated heterocycles. The van der Waals surface area contributed by atoms with Crippen LogP contribution in [0.15, 0.2) is 34.8 Å². The zero-order valence-electron chi connectivity index (χ0n) is 11.3. The Hall–Kier alpha value is -1.59. The number of halogens is 2. The summed E-state index contributed by atoms with van der Waals surface area (Å²) in [5.74, 6) is 2.08. The molecule has 0 bridgehead atoms. The summed E-state index contributed by atoms with van der Waals surface area (Å²) in [7, 11) is 1.64. The van der Waals surface area contributed by atoms with Crippen LogP contribution in [0.3, 0.4) is 0 Å². The average Bonchev–Trinajstić information content (AvgIpc) is 2.94. The molecule has 0 radical (unpaired) electrons. The lowest BCUT2D eigenvalue weighted by Crippen LogP contribution is -2.01. The summed E-state index contributed by atoms with van der Waals surface area (Å²) in [5.41, 5.74) is 1.91. The van der Waals surface area contributed by atoms with Crippen molar-refractivity contribution in [1.82, 2.24) is 0 Å². The number of nitrogens with one attached hydrogen (secondary N) is 1. The van der Waals surface area contributed by atoms with E-state index in [4.69, 9.17) is 25.8 Å². The van der Waals surface area contributed by atoms with Gasteiger partial charge in [-0.1, -0.05) is 27.5 Å². The molecule has 0 aromatic heterocycles. The van der Waals surface area contributed by atoms with Gasteiger partial charge in [0.05, 0.1) is 17.8 Å². The molecule has 1 heterocycles. The Morgan fingerprint density at radius 1 is 1.29 bits per heavy atom. The van der Waals surface area contributed by atoms with Gasteiger partial charge in [-0.3, -0.25) is 0 Å². The minimum absolute atomic E-state index is 0.214. The Kier molecular flexibility index (Phi) is 4.12. The number of benzene rings is 2. The fourth-order valence-electron chi connectivity index (χ4n) is 2.14. The van der Waals surface area contributed by atoms with Crippen molar-refractivity contribution in [3.63, 3.8) is 0 Å². The number of hydrogen-bond donors (Lipinski definition) is 1. The molecule has 3 rings (SSSR count). The topological polar surface area (TPSA) is 39.7 Å². The van der Waals surface area contributed by atoms with Gasteiger partial charge in [0.15, 0.2) is 11.5 Å². The Labute approximate surface area is 136 Å². The van der Waals surface area contributed by atoms with E-state index in [-0.39, 0.29) is 6.79 Å². The Morgan fingerprint density at radius 2 is 2.14 bits per heavy atom. The fourth-order valence-corrected chi connectivity index (χ4v) is 2.79. The molecule has 0 fully saturated rings. The molecule has 4 nitrogen and oxygen atoms in total. The van der Waals surface area contributed by atoms with Gasteiger partial charge in [0.2, 0.25) is 6.79 Å². The molecule has 110 valence electrons. The Morgan fingerprint density at radius 3 is 2.95 bits per heavy atom. The van der Waals surface area contributed by atoms with E-state index in [1.165, 1.54) is 0 Å². The van der Waals surface area contributed by atoms with Crippen LogP contribution in [-0.2, 0) is 6.54 Å². The molecule has 2 aromatic rings. The maximum absolute atomic E-state index is 6.18. The van der Waals surface area contributed by atoms with Crippen LogP contribution in [0, 0.1) is 0 Å². The largest absolute Gasteiger partial charge is 0.495 e. The van der Waals surface area contributed by atoms with Gasteiger partial charge in [0.1, 0.15) is 5.75 Å². The van der Waals surface area contributed by atoms with Crippen LogP contribution < -0.4 is 19.5 Å². The van der Waals surface area contributed by atoms with Crippen molar-refractivity contribution in [2.24, 2.45) is 0 Å². The quantitative estimate of drug-likeness (QED) is 0.863. The monoisotopic (exact) mass is 369 g/mol. The van der Waals surface area contributed by atoms with Gasteiger partial charge in [-0.15, -0.1) is 0 Å². The number of hydrogen-bond acceptors (Lipinski definition) is 4. The molecular formula is C15H13BrClNO3. The first kappa shape index (κ1) is 14.4. The Balaban J connectivity index is 1.79. The normalized spacial score (nSPS) is 12.3. The first-order valence-electron chi connectivity index (χ1n) is 6.33. The van der Waals surface area contributed by atoms with Crippen LogP contribution in [0.2, 0.25) is 5.02 Å². The molecular weight excluding hydrogens is 358 g/mol. The van der Waals surface area contributed by atoms with Crippen molar-refractivity contribution >= 4 is 33.2 Å². The SMILES string of the molecule is COc1ccc(Br)cc1NCc1cc(Cl)c2c(c1)OCO2. The first-order chi connectivity index (χ1) is 10.2. The summed E-state index contributed by atoms with van der Waals surface area (Å²) in [6, 6.07) is 9.59. The molecule has 1 aliphatic rings. The van der Waals surface area contributed by atoms with E-state index < -0.39 is 0 Å². The third-order valence-corrected chi connectivity index (χ3v) is 3.91. The number of ether oxygens (including phenoxy) is 3. The van der Waals surface area contributed by atoms with E-state index in [1.54, 1.807) is 7.11 Å². The molecule has 0 atom stereocenters. The summed E-state index contributed by atoms with van der Waals surface area (Å²) < 4.78 is 17.0. The summed E-state index contributed by atoms with van der Waals surface area (Å²) in [4.78, 5) is 0. The van der Waals surface area contributed by atoms with Crippen molar-refractivity contribution in [3.8, 4) is 17.2 Å². The lowest BCUT2D eigenvalue weighted by molar-refractivity contribution is 0.174. The molecule has 0 spiro atoms. The van der Waals surface area contributed by atoms with Crippen LogP contribution >= 0.6 is 27.5 Å². The minimum atomic E-state index is 0.214. The van der Waals surface area contributed by atoms with E-state index in [9.17, 15) is 0 Å². The summed E-state index contributed by atoms with van der Waals surface area (Å²) in [6.45, 7) is 0.814. The first-order valence-corrected chi connectivity index (χ1v) is 7.50. The number of methoxy groups -OCH3 is 1. The predicted molar refractivity (Wildman–Crippen MR) is 85.6 cm³/mol. The number of anilines is 1. The molecule has 6 heteroatoms. The van der Waals surface area contributed by atoms with Crippen LogP contribution in [-0.4, -0.2) is 13.9 Å². The zero-order valence-corrected chi connectivity index (χ0v) is 13.6. The lowest BCUT2D eigenvalue weighted by atomic mass is 10.2. The van der Waals surface area contributed by atoms with Crippen molar-refractivity contribution in [1.29, 1.82) is 0 Å². The van der Waals surface area contributed by atoms with Crippen LogP contribution in [0.5, 0.6) is 17.2 Å². The van der Waals surface area contributed by atoms with Crippen molar-refractivity contribution in [2.75, 3.05) is 19.2 Å². The maximum Gasteiger partial charge on any atom is 0.231 e. The van der Waals surface area contributed by atoms with Crippen molar-refractivity contribution in [2.45, 2.75) is 6.54 Å². The Bertz CT molecular complexity index is 678. The van der Waals surface area contributed by atoms with E-state index >= 15 is 0 Å². The highest BCUT2D eigenvalue weighted by atomic mass is 79.9. The fraction of sp³-hybridized carbons (Fsp3) is 0.200.